The summed E-state index contributed by atoms with van der Waals surface area (Å²) in [6, 6.07) is 44.7. The predicted octanol–water partition coefficient (Wildman–Crippen LogP) is 10.2. The fraction of sp³-hybridized carbons (Fsp3) is 0. The average Bonchev–Trinajstić information content (AvgIpc) is 3.42. The van der Waals surface area contributed by atoms with Gasteiger partial charge in [-0.15, -0.1) is 11.3 Å². The molecule has 3 heterocycles. The lowest BCUT2D eigenvalue weighted by atomic mass is 9.97. The van der Waals surface area contributed by atoms with E-state index in [0.717, 1.165) is 44.1 Å². The van der Waals surface area contributed by atoms with Crippen LogP contribution in [0.15, 0.2) is 127 Å². The van der Waals surface area contributed by atoms with Crippen LogP contribution in [0.4, 0.5) is 0 Å². The Morgan fingerprint density at radius 3 is 1.95 bits per heavy atom. The Morgan fingerprint density at radius 1 is 0.390 bits per heavy atom. The first-order valence-corrected chi connectivity index (χ1v) is 14.5. The number of para-hydroxylation sites is 2. The highest BCUT2D eigenvalue weighted by atomic mass is 32.1. The van der Waals surface area contributed by atoms with Crippen molar-refractivity contribution in [3.05, 3.63) is 127 Å². The van der Waals surface area contributed by atoms with Crippen molar-refractivity contribution < 1.29 is 0 Å². The van der Waals surface area contributed by atoms with Gasteiger partial charge in [-0.1, -0.05) is 103 Å². The second-order valence-corrected chi connectivity index (χ2v) is 11.5. The third-order valence-electron chi connectivity index (χ3n) is 8.06. The number of hydrogen-bond donors (Lipinski definition) is 0. The molecule has 190 valence electrons. The molecule has 9 rings (SSSR count). The molecule has 0 atom stereocenters. The van der Waals surface area contributed by atoms with Crippen molar-refractivity contribution in [2.75, 3.05) is 0 Å². The number of thiophene rings is 1. The highest BCUT2D eigenvalue weighted by Crippen LogP contribution is 2.43. The largest absolute Gasteiger partial charge is 0.244 e. The van der Waals surface area contributed by atoms with Crippen molar-refractivity contribution in [1.29, 1.82) is 0 Å². The van der Waals surface area contributed by atoms with Gasteiger partial charge >= 0.3 is 0 Å². The van der Waals surface area contributed by atoms with Crippen LogP contribution in [0.2, 0.25) is 0 Å². The van der Waals surface area contributed by atoms with Gasteiger partial charge < -0.3 is 0 Å². The molecule has 0 spiro atoms. The molecule has 0 aliphatic rings. The van der Waals surface area contributed by atoms with Gasteiger partial charge in [0.05, 0.1) is 16.7 Å². The van der Waals surface area contributed by atoms with Gasteiger partial charge in [0.2, 0.25) is 0 Å². The van der Waals surface area contributed by atoms with Crippen molar-refractivity contribution in [3.8, 4) is 22.8 Å². The standard InChI is InChI=1S/C37H21N3S/c1-2-12-23-22(10-1)11-9-16-24(23)35-26-14-4-7-18-30(26)39-37(40-35)36-28-20-21-32-34(27-15-5-8-19-31(27)41-32)33(28)25-13-3-6-17-29(25)38-36/h1-21H. The number of hydrogen-bond acceptors (Lipinski definition) is 4. The number of nitrogens with zero attached hydrogens (tertiary/aromatic N) is 3. The Labute approximate surface area is 239 Å². The minimum absolute atomic E-state index is 0.640. The maximum Gasteiger partial charge on any atom is 0.179 e. The summed E-state index contributed by atoms with van der Waals surface area (Å²) in [5, 5.41) is 9.37. The quantitative estimate of drug-likeness (QED) is 0.205. The zero-order valence-electron chi connectivity index (χ0n) is 21.9. The first kappa shape index (κ1) is 22.6. The van der Waals surface area contributed by atoms with E-state index >= 15 is 0 Å². The van der Waals surface area contributed by atoms with E-state index in [4.69, 9.17) is 15.0 Å². The van der Waals surface area contributed by atoms with Gasteiger partial charge in [0, 0.05) is 47.3 Å². The summed E-state index contributed by atoms with van der Waals surface area (Å²) >= 11 is 1.84. The third kappa shape index (κ3) is 3.35. The molecular weight excluding hydrogens is 518 g/mol. The highest BCUT2D eigenvalue weighted by molar-refractivity contribution is 7.26. The molecule has 3 nitrogen and oxygen atoms in total. The van der Waals surface area contributed by atoms with Gasteiger partial charge in [-0.05, 0) is 35.0 Å². The van der Waals surface area contributed by atoms with E-state index in [9.17, 15) is 0 Å². The summed E-state index contributed by atoms with van der Waals surface area (Å²) in [7, 11) is 0. The number of fused-ring (bicyclic) bond motifs is 9. The van der Waals surface area contributed by atoms with E-state index < -0.39 is 0 Å². The number of pyridine rings is 1. The van der Waals surface area contributed by atoms with Gasteiger partial charge in [0.25, 0.3) is 0 Å². The number of rotatable bonds is 2. The molecule has 0 saturated carbocycles. The Bertz CT molecular complexity index is 2490. The molecule has 9 aromatic rings. The van der Waals surface area contributed by atoms with Crippen molar-refractivity contribution in [2.45, 2.75) is 0 Å². The van der Waals surface area contributed by atoms with Gasteiger partial charge in [-0.3, -0.25) is 0 Å². The lowest BCUT2D eigenvalue weighted by Gasteiger charge is -2.14. The molecule has 3 aromatic heterocycles. The van der Waals surface area contributed by atoms with Crippen molar-refractivity contribution in [1.82, 2.24) is 15.0 Å². The van der Waals surface area contributed by atoms with E-state index in [2.05, 4.69) is 121 Å². The van der Waals surface area contributed by atoms with Crippen molar-refractivity contribution in [3.63, 3.8) is 0 Å². The molecular formula is C37H21N3S. The van der Waals surface area contributed by atoms with Crippen LogP contribution in [-0.4, -0.2) is 15.0 Å². The maximum atomic E-state index is 5.31. The van der Waals surface area contributed by atoms with Gasteiger partial charge in [-0.2, -0.15) is 0 Å². The molecule has 0 radical (unpaired) electrons. The minimum atomic E-state index is 0.640. The molecule has 0 fully saturated rings. The molecule has 6 aromatic carbocycles. The smallest absolute Gasteiger partial charge is 0.179 e. The Balaban J connectivity index is 1.44. The summed E-state index contributed by atoms with van der Waals surface area (Å²) in [6.45, 7) is 0. The zero-order chi connectivity index (χ0) is 26.9. The molecule has 0 unspecified atom stereocenters. The van der Waals surface area contributed by atoms with Gasteiger partial charge in [0.15, 0.2) is 5.82 Å². The van der Waals surface area contributed by atoms with Crippen LogP contribution < -0.4 is 0 Å². The normalized spacial score (nSPS) is 11.9. The SMILES string of the molecule is c1ccc2c(-c3nc(-c4nc5ccccc5c5c4ccc4sc6ccccc6c45)nc4ccccc34)cccc2c1. The molecule has 0 bridgehead atoms. The Morgan fingerprint density at radius 2 is 1.07 bits per heavy atom. The maximum absolute atomic E-state index is 5.31. The van der Waals surface area contributed by atoms with Crippen molar-refractivity contribution >= 4 is 74.9 Å². The van der Waals surface area contributed by atoms with E-state index in [1.807, 2.05) is 17.4 Å². The molecule has 0 aliphatic heterocycles. The van der Waals surface area contributed by atoms with Crippen LogP contribution in [0.5, 0.6) is 0 Å². The monoisotopic (exact) mass is 539 g/mol. The summed E-state index contributed by atoms with van der Waals surface area (Å²) in [6.07, 6.45) is 0. The number of aromatic nitrogens is 3. The fourth-order valence-electron chi connectivity index (χ4n) is 6.25. The van der Waals surface area contributed by atoms with E-state index in [0.29, 0.717) is 5.82 Å². The molecule has 41 heavy (non-hydrogen) atoms. The molecule has 0 saturated heterocycles. The van der Waals surface area contributed by atoms with Crippen molar-refractivity contribution in [2.24, 2.45) is 0 Å². The summed E-state index contributed by atoms with van der Waals surface area (Å²) < 4.78 is 2.56. The summed E-state index contributed by atoms with van der Waals surface area (Å²) in [4.78, 5) is 15.7. The molecule has 0 amide bonds. The molecule has 0 aliphatic carbocycles. The van der Waals surface area contributed by atoms with Crippen LogP contribution in [0.3, 0.4) is 0 Å². The van der Waals surface area contributed by atoms with E-state index in [1.165, 1.54) is 36.3 Å². The predicted molar refractivity (Wildman–Crippen MR) is 174 cm³/mol. The average molecular weight is 540 g/mol. The summed E-state index contributed by atoms with van der Waals surface area (Å²) in [5.74, 6) is 0.640. The Hall–Kier alpha value is -5.19. The van der Waals surface area contributed by atoms with Crippen LogP contribution in [0, 0.1) is 0 Å². The highest BCUT2D eigenvalue weighted by Gasteiger charge is 2.20. The Kier molecular flexibility index (Phi) is 4.77. The third-order valence-corrected chi connectivity index (χ3v) is 9.20. The fourth-order valence-corrected chi connectivity index (χ4v) is 7.36. The second kappa shape index (κ2) is 8.65. The lowest BCUT2D eigenvalue weighted by molar-refractivity contribution is 1.21. The zero-order valence-corrected chi connectivity index (χ0v) is 22.7. The van der Waals surface area contributed by atoms with E-state index in [-0.39, 0.29) is 0 Å². The van der Waals surface area contributed by atoms with Crippen LogP contribution in [0.25, 0.3) is 86.3 Å². The molecule has 4 heteroatoms. The van der Waals surface area contributed by atoms with Gasteiger partial charge in [0.1, 0.15) is 5.69 Å². The number of benzene rings is 6. The first-order valence-electron chi connectivity index (χ1n) is 13.7. The topological polar surface area (TPSA) is 38.7 Å². The van der Waals surface area contributed by atoms with Crippen LogP contribution in [-0.2, 0) is 0 Å². The van der Waals surface area contributed by atoms with Crippen LogP contribution >= 0.6 is 11.3 Å². The summed E-state index contributed by atoms with van der Waals surface area (Å²) in [5.41, 5.74) is 4.68. The molecule has 0 N–H and O–H groups in total. The lowest BCUT2D eigenvalue weighted by Crippen LogP contribution is -1.99. The second-order valence-electron chi connectivity index (χ2n) is 10.4. The van der Waals surface area contributed by atoms with Crippen LogP contribution in [0.1, 0.15) is 0 Å². The van der Waals surface area contributed by atoms with E-state index in [1.54, 1.807) is 0 Å². The first-order chi connectivity index (χ1) is 20.3. The van der Waals surface area contributed by atoms with Gasteiger partial charge in [-0.25, -0.2) is 15.0 Å². The minimum Gasteiger partial charge on any atom is -0.244 e.